The van der Waals surface area contributed by atoms with Crippen molar-refractivity contribution in [3.05, 3.63) is 51.0 Å². The second kappa shape index (κ2) is 6.53. The third-order valence-corrected chi connectivity index (χ3v) is 6.04. The van der Waals surface area contributed by atoms with Gasteiger partial charge in [0.2, 0.25) is 10.0 Å². The summed E-state index contributed by atoms with van der Waals surface area (Å²) in [5.74, 6) is 0.470. The molecule has 2 aromatic rings. The zero-order valence-corrected chi connectivity index (χ0v) is 14.8. The van der Waals surface area contributed by atoms with Crippen LogP contribution in [-0.4, -0.2) is 18.4 Å². The van der Waals surface area contributed by atoms with Crippen LogP contribution >= 0.6 is 34.8 Å². The topological polar surface area (TPSA) is 72.0 Å². The van der Waals surface area contributed by atoms with Gasteiger partial charge in [-0.05, 0) is 31.0 Å². The van der Waals surface area contributed by atoms with Crippen molar-refractivity contribution in [2.75, 3.05) is 0 Å². The molecule has 1 aliphatic rings. The molecule has 0 atom stereocenters. The molecular formula is C14H12Cl3N3O2S. The van der Waals surface area contributed by atoms with E-state index in [-0.39, 0.29) is 26.5 Å². The lowest BCUT2D eigenvalue weighted by molar-refractivity contribution is 0.580. The molecular weight excluding hydrogens is 381 g/mol. The molecule has 9 heteroatoms. The van der Waals surface area contributed by atoms with E-state index in [1.807, 2.05) is 6.07 Å². The van der Waals surface area contributed by atoms with Crippen LogP contribution in [0.4, 0.5) is 0 Å². The van der Waals surface area contributed by atoms with Gasteiger partial charge < -0.3 is 0 Å². The SMILES string of the molecule is O=S(=O)(NCc1cc(C2CC2)ncn1)c1cc(Cl)c(Cl)cc1Cl. The number of sulfonamides is 1. The van der Waals surface area contributed by atoms with E-state index in [9.17, 15) is 8.42 Å². The fourth-order valence-corrected chi connectivity index (χ4v) is 4.07. The third-order valence-electron chi connectivity index (χ3n) is 3.45. The number of nitrogens with zero attached hydrogens (tertiary/aromatic N) is 2. The predicted molar refractivity (Wildman–Crippen MR) is 89.5 cm³/mol. The normalized spacial score (nSPS) is 14.9. The van der Waals surface area contributed by atoms with Crippen molar-refractivity contribution >= 4 is 44.8 Å². The molecule has 1 aromatic carbocycles. The molecule has 0 unspecified atom stereocenters. The Morgan fingerprint density at radius 2 is 1.74 bits per heavy atom. The highest BCUT2D eigenvalue weighted by atomic mass is 35.5. The third kappa shape index (κ3) is 3.95. The number of rotatable bonds is 5. The summed E-state index contributed by atoms with van der Waals surface area (Å²) < 4.78 is 27.2. The van der Waals surface area contributed by atoms with E-state index in [1.165, 1.54) is 18.5 Å². The van der Waals surface area contributed by atoms with Crippen LogP contribution in [0, 0.1) is 0 Å². The maximum atomic E-state index is 12.4. The number of nitrogens with one attached hydrogen (secondary N) is 1. The molecule has 1 aromatic heterocycles. The summed E-state index contributed by atoms with van der Waals surface area (Å²) in [6, 6.07) is 4.34. The van der Waals surface area contributed by atoms with Gasteiger partial charge in [-0.3, -0.25) is 0 Å². The first-order valence-corrected chi connectivity index (χ1v) is 9.43. The molecule has 0 amide bonds. The first kappa shape index (κ1) is 16.9. The van der Waals surface area contributed by atoms with Crippen LogP contribution in [0.5, 0.6) is 0 Å². The van der Waals surface area contributed by atoms with Crippen molar-refractivity contribution in [2.45, 2.75) is 30.2 Å². The van der Waals surface area contributed by atoms with Gasteiger partial charge in [-0.25, -0.2) is 23.1 Å². The highest BCUT2D eigenvalue weighted by Crippen LogP contribution is 2.38. The summed E-state index contributed by atoms with van der Waals surface area (Å²) in [7, 11) is -3.83. The fourth-order valence-electron chi connectivity index (χ4n) is 2.07. The molecule has 1 heterocycles. The van der Waals surface area contributed by atoms with E-state index in [1.54, 1.807) is 0 Å². The zero-order chi connectivity index (χ0) is 16.6. The van der Waals surface area contributed by atoms with E-state index in [0.717, 1.165) is 18.5 Å². The van der Waals surface area contributed by atoms with Crippen molar-refractivity contribution in [1.82, 2.24) is 14.7 Å². The van der Waals surface area contributed by atoms with Crippen molar-refractivity contribution in [3.63, 3.8) is 0 Å². The lowest BCUT2D eigenvalue weighted by Gasteiger charge is -2.09. The second-order valence-corrected chi connectivity index (χ2v) is 8.19. The van der Waals surface area contributed by atoms with Gasteiger partial charge in [0.25, 0.3) is 0 Å². The Kier molecular flexibility index (Phi) is 4.80. The van der Waals surface area contributed by atoms with Gasteiger partial charge in [-0.2, -0.15) is 0 Å². The molecule has 0 radical (unpaired) electrons. The molecule has 0 aliphatic heterocycles. The quantitative estimate of drug-likeness (QED) is 0.786. The standard InChI is InChI=1S/C14H12Cl3N3O2S/c15-10-4-12(17)14(5-11(10)16)23(21,22)20-6-9-3-13(8-1-2-8)19-7-18-9/h3-5,7-8,20H,1-2,6H2. The molecule has 5 nitrogen and oxygen atoms in total. The Hall–Kier alpha value is -0.920. The first-order chi connectivity index (χ1) is 10.9. The summed E-state index contributed by atoms with van der Waals surface area (Å²) in [4.78, 5) is 8.16. The van der Waals surface area contributed by atoms with E-state index in [0.29, 0.717) is 11.6 Å². The van der Waals surface area contributed by atoms with Gasteiger partial charge in [0.15, 0.2) is 0 Å². The van der Waals surface area contributed by atoms with Gasteiger partial charge in [0.05, 0.1) is 27.3 Å². The van der Waals surface area contributed by atoms with Crippen molar-refractivity contribution in [1.29, 1.82) is 0 Å². The lowest BCUT2D eigenvalue weighted by Crippen LogP contribution is -2.24. The van der Waals surface area contributed by atoms with Crippen LogP contribution in [0.15, 0.2) is 29.4 Å². The number of benzene rings is 1. The average Bonchev–Trinajstić information content (AvgIpc) is 3.34. The van der Waals surface area contributed by atoms with Gasteiger partial charge >= 0.3 is 0 Å². The van der Waals surface area contributed by atoms with Gasteiger partial charge in [-0.15, -0.1) is 0 Å². The molecule has 23 heavy (non-hydrogen) atoms. The summed E-state index contributed by atoms with van der Waals surface area (Å²) in [6.07, 6.45) is 3.67. The minimum Gasteiger partial charge on any atom is -0.241 e. The molecule has 122 valence electrons. The number of halogens is 3. The molecule has 1 saturated carbocycles. The summed E-state index contributed by atoms with van der Waals surface area (Å²) in [6.45, 7) is 0.0428. The molecule has 0 bridgehead atoms. The van der Waals surface area contributed by atoms with E-state index in [4.69, 9.17) is 34.8 Å². The Morgan fingerprint density at radius 3 is 2.43 bits per heavy atom. The van der Waals surface area contributed by atoms with Crippen molar-refractivity contribution in [3.8, 4) is 0 Å². The monoisotopic (exact) mass is 391 g/mol. The summed E-state index contributed by atoms with van der Waals surface area (Å²) in [5.41, 5.74) is 1.54. The van der Waals surface area contributed by atoms with Crippen molar-refractivity contribution < 1.29 is 8.42 Å². The van der Waals surface area contributed by atoms with Crippen LogP contribution in [0.1, 0.15) is 30.1 Å². The lowest BCUT2D eigenvalue weighted by atomic mass is 10.2. The minimum absolute atomic E-state index is 0.00765. The molecule has 3 rings (SSSR count). The Morgan fingerprint density at radius 1 is 1.04 bits per heavy atom. The largest absolute Gasteiger partial charge is 0.242 e. The smallest absolute Gasteiger partial charge is 0.241 e. The Labute approximate surface area is 149 Å². The Bertz CT molecular complexity index is 854. The molecule has 1 aliphatic carbocycles. The molecule has 1 fully saturated rings. The van der Waals surface area contributed by atoms with Crippen LogP contribution < -0.4 is 4.72 Å². The van der Waals surface area contributed by atoms with Gasteiger partial charge in [0, 0.05) is 11.6 Å². The number of aromatic nitrogens is 2. The predicted octanol–water partition coefficient (Wildman–Crippen LogP) is 3.79. The number of hydrogen-bond donors (Lipinski definition) is 1. The second-order valence-electron chi connectivity index (χ2n) is 5.23. The number of hydrogen-bond acceptors (Lipinski definition) is 4. The highest BCUT2D eigenvalue weighted by molar-refractivity contribution is 7.89. The zero-order valence-electron chi connectivity index (χ0n) is 11.8. The first-order valence-electron chi connectivity index (χ1n) is 6.82. The van der Waals surface area contributed by atoms with Crippen LogP contribution in [0.3, 0.4) is 0 Å². The highest BCUT2D eigenvalue weighted by Gasteiger charge is 2.25. The van der Waals surface area contributed by atoms with Crippen LogP contribution in [-0.2, 0) is 16.6 Å². The van der Waals surface area contributed by atoms with E-state index >= 15 is 0 Å². The van der Waals surface area contributed by atoms with Crippen LogP contribution in [0.2, 0.25) is 15.1 Å². The molecule has 1 N–H and O–H groups in total. The average molecular weight is 393 g/mol. The Balaban J connectivity index is 1.79. The van der Waals surface area contributed by atoms with Crippen molar-refractivity contribution in [2.24, 2.45) is 0 Å². The van der Waals surface area contributed by atoms with Gasteiger partial charge in [0.1, 0.15) is 11.2 Å². The van der Waals surface area contributed by atoms with Crippen LogP contribution in [0.25, 0.3) is 0 Å². The maximum absolute atomic E-state index is 12.4. The molecule has 0 saturated heterocycles. The maximum Gasteiger partial charge on any atom is 0.242 e. The van der Waals surface area contributed by atoms with Gasteiger partial charge in [-0.1, -0.05) is 34.8 Å². The fraction of sp³-hybridized carbons (Fsp3) is 0.286. The molecule has 0 spiro atoms. The summed E-state index contributed by atoms with van der Waals surface area (Å²) >= 11 is 17.6. The van der Waals surface area contributed by atoms with E-state index < -0.39 is 10.0 Å². The summed E-state index contributed by atoms with van der Waals surface area (Å²) in [5, 5.41) is 0.322. The van der Waals surface area contributed by atoms with E-state index in [2.05, 4.69) is 14.7 Å². The minimum atomic E-state index is -3.83.